The van der Waals surface area contributed by atoms with Crippen molar-refractivity contribution in [3.63, 3.8) is 0 Å². The third kappa shape index (κ3) is 2.49. The van der Waals surface area contributed by atoms with Gasteiger partial charge in [0.05, 0.1) is 12.9 Å². The first kappa shape index (κ1) is 10.9. The van der Waals surface area contributed by atoms with Crippen LogP contribution in [-0.2, 0) is 6.54 Å². The standard InChI is InChI=1S/C12H11ClN2O/c1-9-3-2-4-10(5-9)7-15-8-14-11(13)6-12(15)16/h2-6,8H,7H2,1H3. The minimum absolute atomic E-state index is 0.137. The zero-order valence-corrected chi connectivity index (χ0v) is 9.61. The van der Waals surface area contributed by atoms with Gasteiger partial charge in [0.25, 0.3) is 5.56 Å². The van der Waals surface area contributed by atoms with Crippen molar-refractivity contribution in [3.05, 3.63) is 63.3 Å². The number of aryl methyl sites for hydroxylation is 1. The largest absolute Gasteiger partial charge is 0.295 e. The molecule has 1 aromatic carbocycles. The fourth-order valence-corrected chi connectivity index (χ4v) is 1.67. The van der Waals surface area contributed by atoms with E-state index in [2.05, 4.69) is 4.98 Å². The summed E-state index contributed by atoms with van der Waals surface area (Å²) in [6.07, 6.45) is 1.47. The molecule has 0 fully saturated rings. The van der Waals surface area contributed by atoms with E-state index in [1.165, 1.54) is 22.5 Å². The van der Waals surface area contributed by atoms with Gasteiger partial charge in [0.1, 0.15) is 5.15 Å². The van der Waals surface area contributed by atoms with Crippen LogP contribution in [0.2, 0.25) is 5.15 Å². The summed E-state index contributed by atoms with van der Waals surface area (Å²) >= 11 is 5.62. The highest BCUT2D eigenvalue weighted by molar-refractivity contribution is 6.29. The Morgan fingerprint density at radius 3 is 2.88 bits per heavy atom. The summed E-state index contributed by atoms with van der Waals surface area (Å²) in [5.41, 5.74) is 2.11. The minimum Gasteiger partial charge on any atom is -0.295 e. The Labute approximate surface area is 98.3 Å². The van der Waals surface area contributed by atoms with E-state index >= 15 is 0 Å². The Balaban J connectivity index is 2.31. The molecule has 0 radical (unpaired) electrons. The van der Waals surface area contributed by atoms with Gasteiger partial charge in [-0.3, -0.25) is 9.36 Å². The predicted octanol–water partition coefficient (Wildman–Crippen LogP) is 2.25. The molecule has 0 spiro atoms. The van der Waals surface area contributed by atoms with Crippen molar-refractivity contribution in [3.8, 4) is 0 Å². The summed E-state index contributed by atoms with van der Waals surface area (Å²) in [5.74, 6) is 0. The van der Waals surface area contributed by atoms with E-state index in [4.69, 9.17) is 11.6 Å². The Morgan fingerprint density at radius 2 is 2.19 bits per heavy atom. The molecular formula is C12H11ClN2O. The molecule has 1 aromatic heterocycles. The van der Waals surface area contributed by atoms with Gasteiger partial charge in [0.15, 0.2) is 0 Å². The van der Waals surface area contributed by atoms with E-state index < -0.39 is 0 Å². The van der Waals surface area contributed by atoms with E-state index in [9.17, 15) is 4.79 Å². The van der Waals surface area contributed by atoms with E-state index in [0.717, 1.165) is 5.56 Å². The topological polar surface area (TPSA) is 34.9 Å². The third-order valence-corrected chi connectivity index (χ3v) is 2.49. The highest BCUT2D eigenvalue weighted by atomic mass is 35.5. The second-order valence-electron chi connectivity index (χ2n) is 3.67. The van der Waals surface area contributed by atoms with Gasteiger partial charge >= 0.3 is 0 Å². The van der Waals surface area contributed by atoms with Crippen LogP contribution in [0.3, 0.4) is 0 Å². The van der Waals surface area contributed by atoms with Crippen molar-refractivity contribution in [1.29, 1.82) is 0 Å². The number of hydrogen-bond acceptors (Lipinski definition) is 2. The Morgan fingerprint density at radius 1 is 1.38 bits per heavy atom. The number of nitrogens with zero attached hydrogens (tertiary/aromatic N) is 2. The van der Waals surface area contributed by atoms with Crippen molar-refractivity contribution in [2.75, 3.05) is 0 Å². The minimum atomic E-state index is -0.137. The first-order valence-electron chi connectivity index (χ1n) is 4.93. The second-order valence-corrected chi connectivity index (χ2v) is 4.05. The monoisotopic (exact) mass is 234 g/mol. The number of hydrogen-bond donors (Lipinski definition) is 0. The fraction of sp³-hybridized carbons (Fsp3) is 0.167. The molecule has 0 amide bonds. The zero-order chi connectivity index (χ0) is 11.5. The molecule has 3 nitrogen and oxygen atoms in total. The van der Waals surface area contributed by atoms with Gasteiger partial charge in [0, 0.05) is 6.07 Å². The Hall–Kier alpha value is -1.61. The van der Waals surface area contributed by atoms with E-state index in [0.29, 0.717) is 6.54 Å². The molecule has 16 heavy (non-hydrogen) atoms. The fourth-order valence-electron chi connectivity index (χ4n) is 1.53. The van der Waals surface area contributed by atoms with Crippen LogP contribution in [0.25, 0.3) is 0 Å². The van der Waals surface area contributed by atoms with E-state index in [-0.39, 0.29) is 10.7 Å². The molecule has 0 saturated heterocycles. The van der Waals surface area contributed by atoms with Crippen LogP contribution in [-0.4, -0.2) is 9.55 Å². The quantitative estimate of drug-likeness (QED) is 0.747. The lowest BCUT2D eigenvalue weighted by atomic mass is 10.1. The summed E-state index contributed by atoms with van der Waals surface area (Å²) in [4.78, 5) is 15.5. The Kier molecular flexibility index (Phi) is 3.06. The van der Waals surface area contributed by atoms with Crippen molar-refractivity contribution in [1.82, 2.24) is 9.55 Å². The smallest absolute Gasteiger partial charge is 0.255 e. The summed E-state index contributed by atoms with van der Waals surface area (Å²) in [6.45, 7) is 2.54. The number of rotatable bonds is 2. The highest BCUT2D eigenvalue weighted by Gasteiger charge is 1.99. The number of halogens is 1. The summed E-state index contributed by atoms with van der Waals surface area (Å²) in [5, 5.41) is 0.227. The molecule has 0 saturated carbocycles. The first-order chi connectivity index (χ1) is 7.65. The molecule has 82 valence electrons. The molecule has 0 N–H and O–H groups in total. The lowest BCUT2D eigenvalue weighted by Gasteiger charge is -2.05. The second kappa shape index (κ2) is 4.49. The van der Waals surface area contributed by atoms with Crippen LogP contribution in [0.15, 0.2) is 41.5 Å². The van der Waals surface area contributed by atoms with Gasteiger partial charge in [-0.1, -0.05) is 41.4 Å². The van der Waals surface area contributed by atoms with E-state index in [1.807, 2.05) is 31.2 Å². The average Bonchev–Trinajstić information content (AvgIpc) is 2.22. The molecule has 0 bridgehead atoms. The Bertz CT molecular complexity index is 563. The maximum absolute atomic E-state index is 11.6. The normalized spacial score (nSPS) is 10.4. The molecule has 1 heterocycles. The zero-order valence-electron chi connectivity index (χ0n) is 8.85. The van der Waals surface area contributed by atoms with Crippen molar-refractivity contribution in [2.24, 2.45) is 0 Å². The van der Waals surface area contributed by atoms with E-state index in [1.54, 1.807) is 0 Å². The molecule has 2 aromatic rings. The average molecular weight is 235 g/mol. The summed E-state index contributed by atoms with van der Waals surface area (Å²) < 4.78 is 1.53. The molecule has 2 rings (SSSR count). The van der Waals surface area contributed by atoms with Crippen molar-refractivity contribution >= 4 is 11.6 Å². The third-order valence-electron chi connectivity index (χ3n) is 2.28. The van der Waals surface area contributed by atoms with Crippen LogP contribution in [0.5, 0.6) is 0 Å². The van der Waals surface area contributed by atoms with Crippen LogP contribution in [0.4, 0.5) is 0 Å². The van der Waals surface area contributed by atoms with Crippen molar-refractivity contribution in [2.45, 2.75) is 13.5 Å². The van der Waals surface area contributed by atoms with Gasteiger partial charge in [-0.2, -0.15) is 0 Å². The van der Waals surface area contributed by atoms with Gasteiger partial charge in [-0.25, -0.2) is 4.98 Å². The molecule has 0 aliphatic rings. The van der Waals surface area contributed by atoms with Crippen molar-refractivity contribution < 1.29 is 0 Å². The van der Waals surface area contributed by atoms with Gasteiger partial charge in [-0.15, -0.1) is 0 Å². The SMILES string of the molecule is Cc1cccc(Cn2cnc(Cl)cc2=O)c1. The van der Waals surface area contributed by atoms with Crippen LogP contribution in [0.1, 0.15) is 11.1 Å². The molecular weight excluding hydrogens is 224 g/mol. The molecule has 0 atom stereocenters. The lowest BCUT2D eigenvalue weighted by molar-refractivity contribution is 0.735. The molecule has 0 aliphatic heterocycles. The highest BCUT2D eigenvalue weighted by Crippen LogP contribution is 2.05. The summed E-state index contributed by atoms with van der Waals surface area (Å²) in [6, 6.07) is 9.33. The number of benzene rings is 1. The molecule has 0 aliphatic carbocycles. The van der Waals surface area contributed by atoms with Gasteiger partial charge in [-0.05, 0) is 12.5 Å². The molecule has 0 unspecified atom stereocenters. The predicted molar refractivity (Wildman–Crippen MR) is 63.8 cm³/mol. The van der Waals surface area contributed by atoms with Gasteiger partial charge < -0.3 is 0 Å². The summed E-state index contributed by atoms with van der Waals surface area (Å²) in [7, 11) is 0. The molecule has 4 heteroatoms. The van der Waals surface area contributed by atoms with Crippen LogP contribution < -0.4 is 5.56 Å². The maximum Gasteiger partial charge on any atom is 0.255 e. The van der Waals surface area contributed by atoms with Crippen LogP contribution in [0, 0.1) is 6.92 Å². The van der Waals surface area contributed by atoms with Gasteiger partial charge in [0.2, 0.25) is 0 Å². The number of aromatic nitrogens is 2. The lowest BCUT2D eigenvalue weighted by Crippen LogP contribution is -2.19. The maximum atomic E-state index is 11.6. The first-order valence-corrected chi connectivity index (χ1v) is 5.30. The van der Waals surface area contributed by atoms with Crippen LogP contribution >= 0.6 is 11.6 Å².